The van der Waals surface area contributed by atoms with Gasteiger partial charge in [0, 0.05) is 0 Å². The third-order valence-electron chi connectivity index (χ3n) is 0. The van der Waals surface area contributed by atoms with Crippen LogP contribution in [-0.4, -0.2) is 13.3 Å². The standard InChI is InChI=1S/2Cs.H2O3S2/c;;1-5(2,3)4/h;;(H2,1,2,3,4)/q2*+1;/p-2. The summed E-state index contributed by atoms with van der Waals surface area (Å²) in [4.78, 5) is 0. The van der Waals surface area contributed by atoms with Gasteiger partial charge in [0.1, 0.15) is 0 Å². The summed E-state index contributed by atoms with van der Waals surface area (Å²) in [7, 11) is -4.33. The molecule has 0 aromatic heterocycles. The summed E-state index contributed by atoms with van der Waals surface area (Å²) in [6.07, 6.45) is 0. The van der Waals surface area contributed by atoms with Crippen molar-refractivity contribution < 1.29 is 151 Å². The molecule has 32 valence electrons. The molecule has 0 heterocycles. The van der Waals surface area contributed by atoms with E-state index in [0.717, 1.165) is 0 Å². The van der Waals surface area contributed by atoms with Gasteiger partial charge in [-0.15, -0.1) is 9.05 Å². The Morgan fingerprint density at radius 2 is 1.29 bits per heavy atom. The van der Waals surface area contributed by atoms with Crippen molar-refractivity contribution in [1.82, 2.24) is 0 Å². The van der Waals surface area contributed by atoms with Crippen LogP contribution in [0.25, 0.3) is 0 Å². The Labute approximate surface area is 165 Å². The maximum absolute atomic E-state index is 8.89. The van der Waals surface area contributed by atoms with Crippen molar-refractivity contribution in [2.75, 3.05) is 0 Å². The second-order valence-corrected chi connectivity index (χ2v) is 2.45. The summed E-state index contributed by atoms with van der Waals surface area (Å²) in [6.45, 7) is 0. The van der Waals surface area contributed by atoms with Gasteiger partial charge in [-0.3, -0.25) is 4.21 Å². The van der Waals surface area contributed by atoms with E-state index >= 15 is 0 Å². The van der Waals surface area contributed by atoms with Crippen LogP contribution in [0.4, 0.5) is 0 Å². The van der Waals surface area contributed by atoms with E-state index in [1.54, 1.807) is 0 Å². The van der Waals surface area contributed by atoms with Crippen LogP contribution in [0.3, 0.4) is 0 Å². The molecule has 0 aromatic rings. The third kappa shape index (κ3) is 37.9. The molecule has 0 spiro atoms. The van der Waals surface area contributed by atoms with Crippen LogP contribution in [0.5, 0.6) is 0 Å². The first-order chi connectivity index (χ1) is 2.00. The maximum atomic E-state index is 8.89. The van der Waals surface area contributed by atoms with Crippen molar-refractivity contribution in [2.24, 2.45) is 0 Å². The van der Waals surface area contributed by atoms with Gasteiger partial charge in [0.05, 0.1) is 0 Å². The first-order valence-electron chi connectivity index (χ1n) is 0.667. The van der Waals surface area contributed by atoms with Crippen LogP contribution >= 0.6 is 0 Å². The van der Waals surface area contributed by atoms with E-state index in [2.05, 4.69) is 11.2 Å². The largest absolute Gasteiger partial charge is 1.00 e. The molecular formula is Cs2O3S2. The summed E-state index contributed by atoms with van der Waals surface area (Å²) in [5.41, 5.74) is 0. The van der Waals surface area contributed by atoms with Gasteiger partial charge in [0.2, 0.25) is 0 Å². The molecule has 7 heteroatoms. The van der Waals surface area contributed by atoms with Gasteiger partial charge in [-0.1, -0.05) is 0 Å². The Bertz CT molecular complexity index is 94.1. The van der Waals surface area contributed by atoms with Gasteiger partial charge in [0.25, 0.3) is 0 Å². The van der Waals surface area contributed by atoms with Gasteiger partial charge in [0.15, 0.2) is 0 Å². The molecule has 0 radical (unpaired) electrons. The molecule has 0 amide bonds. The summed E-state index contributed by atoms with van der Waals surface area (Å²) in [6, 6.07) is 0. The summed E-state index contributed by atoms with van der Waals surface area (Å²) >= 11 is 3.24. The minimum Gasteiger partial charge on any atom is -0.780 e. The zero-order chi connectivity index (χ0) is 4.50. The van der Waals surface area contributed by atoms with Gasteiger partial charge < -0.3 is 9.11 Å². The van der Waals surface area contributed by atoms with Crippen LogP contribution in [0.1, 0.15) is 0 Å². The van der Waals surface area contributed by atoms with E-state index in [-0.39, 0.29) is 138 Å². The van der Waals surface area contributed by atoms with Crippen molar-refractivity contribution in [1.29, 1.82) is 0 Å². The van der Waals surface area contributed by atoms with Crippen LogP contribution in [0, 0.1) is 0 Å². The normalized spacial score (nSPS) is 8.29. The molecule has 0 rings (SSSR count). The maximum Gasteiger partial charge on any atom is 1.00 e. The molecular weight excluding hydrogens is 378 g/mol. The van der Waals surface area contributed by atoms with Crippen molar-refractivity contribution in [3.05, 3.63) is 0 Å². The molecule has 0 N–H and O–H groups in total. The van der Waals surface area contributed by atoms with Crippen molar-refractivity contribution >= 4 is 20.2 Å². The van der Waals surface area contributed by atoms with Crippen LogP contribution in [0.2, 0.25) is 0 Å². The molecule has 0 aliphatic heterocycles. The summed E-state index contributed by atoms with van der Waals surface area (Å²) < 4.78 is 26.7. The Kier molecular flexibility index (Phi) is 21.2. The fourth-order valence-electron chi connectivity index (χ4n) is 0. The molecule has 0 aliphatic rings. The van der Waals surface area contributed by atoms with Gasteiger partial charge in [-0.2, -0.15) is 0 Å². The SMILES string of the molecule is O=S([O-])([O-])=S.[Cs+].[Cs+]. The Hall–Kier alpha value is 4.39. The Balaban J connectivity index is -0.0000000800. The predicted molar refractivity (Wildman–Crippen MR) is 17.1 cm³/mol. The van der Waals surface area contributed by atoms with Crippen molar-refractivity contribution in [2.45, 2.75) is 0 Å². The summed E-state index contributed by atoms with van der Waals surface area (Å²) in [5.74, 6) is 0. The predicted octanol–water partition coefficient (Wildman–Crippen LogP) is -7.00. The zero-order valence-corrected chi connectivity index (χ0v) is 18.2. The molecule has 0 fully saturated rings. The van der Waals surface area contributed by atoms with Crippen LogP contribution in [-0.2, 0) is 20.2 Å². The van der Waals surface area contributed by atoms with Crippen LogP contribution in [0.15, 0.2) is 0 Å². The summed E-state index contributed by atoms with van der Waals surface area (Å²) in [5, 5.41) is 0. The monoisotopic (exact) mass is 378 g/mol. The van der Waals surface area contributed by atoms with E-state index in [1.165, 1.54) is 0 Å². The quantitative estimate of drug-likeness (QED) is 0.421. The van der Waals surface area contributed by atoms with Gasteiger partial charge in [-0.05, 0) is 11.2 Å². The molecule has 0 bridgehead atoms. The number of hydrogen-bond donors (Lipinski definition) is 0. The molecule has 7 heavy (non-hydrogen) atoms. The topological polar surface area (TPSA) is 63.2 Å². The zero-order valence-electron chi connectivity index (χ0n) is 4.04. The molecule has 0 saturated heterocycles. The van der Waals surface area contributed by atoms with Gasteiger partial charge in [-0.25, -0.2) is 0 Å². The third-order valence-corrected chi connectivity index (χ3v) is 0. The molecule has 0 unspecified atom stereocenters. The first-order valence-corrected chi connectivity index (χ1v) is 3.00. The minimum atomic E-state index is -4.33. The molecule has 3 nitrogen and oxygen atoms in total. The van der Waals surface area contributed by atoms with Crippen molar-refractivity contribution in [3.63, 3.8) is 0 Å². The molecule has 0 aliphatic carbocycles. The van der Waals surface area contributed by atoms with E-state index in [4.69, 9.17) is 13.3 Å². The minimum absolute atomic E-state index is 0. The second kappa shape index (κ2) is 8.49. The van der Waals surface area contributed by atoms with E-state index < -0.39 is 9.05 Å². The fraction of sp³-hybridized carbons (Fsp3) is 0. The second-order valence-electron chi connectivity index (χ2n) is 0.408. The smallest absolute Gasteiger partial charge is 0.780 e. The van der Waals surface area contributed by atoms with E-state index in [1.807, 2.05) is 0 Å². The number of rotatable bonds is 0. The fourth-order valence-corrected chi connectivity index (χ4v) is 0. The average Bonchev–Trinajstić information content (AvgIpc) is 0.722. The Morgan fingerprint density at radius 1 is 1.29 bits per heavy atom. The van der Waals surface area contributed by atoms with Crippen molar-refractivity contribution in [3.8, 4) is 0 Å². The molecule has 0 aromatic carbocycles. The molecule has 0 saturated carbocycles. The van der Waals surface area contributed by atoms with E-state index in [0.29, 0.717) is 0 Å². The Morgan fingerprint density at radius 3 is 1.29 bits per heavy atom. The molecule has 0 atom stereocenters. The van der Waals surface area contributed by atoms with Crippen LogP contribution < -0.4 is 138 Å². The van der Waals surface area contributed by atoms with Gasteiger partial charge >= 0.3 is 138 Å². The average molecular weight is 378 g/mol. The number of hydrogen-bond acceptors (Lipinski definition) is 4. The van der Waals surface area contributed by atoms with E-state index in [9.17, 15) is 0 Å². The first kappa shape index (κ1) is 17.5.